The molecule has 0 spiro atoms. The summed E-state index contributed by atoms with van der Waals surface area (Å²) in [5.74, 6) is 0.707. The number of fused-ring (bicyclic) bond motifs is 3. The monoisotopic (exact) mass is 407 g/mol. The average molecular weight is 407 g/mol. The molecule has 0 bridgehead atoms. The number of aromatic nitrogens is 2. The molecule has 1 aliphatic heterocycles. The van der Waals surface area contributed by atoms with Gasteiger partial charge in [-0.2, -0.15) is 0 Å². The average Bonchev–Trinajstić information content (AvgIpc) is 3.39. The number of nitrogens with two attached hydrogens (primary N) is 1. The molecule has 1 unspecified atom stereocenters. The van der Waals surface area contributed by atoms with Crippen molar-refractivity contribution in [2.75, 3.05) is 24.1 Å². The third kappa shape index (κ3) is 3.01. The van der Waals surface area contributed by atoms with Crippen LogP contribution in [0.25, 0.3) is 21.8 Å². The van der Waals surface area contributed by atoms with Gasteiger partial charge >= 0.3 is 0 Å². The molecular weight excluding hydrogens is 386 g/mol. The molecule has 5 rings (SSSR count). The Hall–Kier alpha value is -3.10. The Labute approximate surface area is 168 Å². The number of hydrogen-bond donors (Lipinski definition) is 3. The van der Waals surface area contributed by atoms with Crippen molar-refractivity contribution in [3.63, 3.8) is 0 Å². The van der Waals surface area contributed by atoms with Gasteiger partial charge in [0.15, 0.2) is 0 Å². The van der Waals surface area contributed by atoms with Gasteiger partial charge in [-0.25, -0.2) is 17.4 Å². The third-order valence-corrected chi connectivity index (χ3v) is 7.03. The van der Waals surface area contributed by atoms with E-state index in [2.05, 4.69) is 10.6 Å². The zero-order valence-corrected chi connectivity index (χ0v) is 16.5. The van der Waals surface area contributed by atoms with E-state index in [1.165, 1.54) is 16.1 Å². The second-order valence-electron chi connectivity index (χ2n) is 7.26. The highest BCUT2D eigenvalue weighted by Gasteiger charge is 2.23. The molecule has 2 aromatic heterocycles. The maximum absolute atomic E-state index is 13.4. The minimum atomic E-state index is -3.78. The molecule has 8 heteroatoms. The van der Waals surface area contributed by atoms with Crippen molar-refractivity contribution in [3.05, 3.63) is 60.8 Å². The summed E-state index contributed by atoms with van der Waals surface area (Å²) in [4.78, 5) is 4.98. The number of hydrogen-bond acceptors (Lipinski definition) is 6. The Morgan fingerprint density at radius 1 is 1.07 bits per heavy atom. The molecule has 0 radical (unpaired) electrons. The first kappa shape index (κ1) is 18.0. The molecule has 0 amide bonds. The SMILES string of the molecule is Nc1ccc(S(=O)(=O)n2ccc3c(NC4CCNC4)nc4ccccc4c32)cc1. The topological polar surface area (TPSA) is 102 Å². The molecule has 1 saturated heterocycles. The molecule has 4 N–H and O–H groups in total. The number of pyridine rings is 1. The van der Waals surface area contributed by atoms with Crippen molar-refractivity contribution < 1.29 is 8.42 Å². The molecule has 3 heterocycles. The number of nitrogens with zero attached hydrogens (tertiary/aromatic N) is 2. The Bertz CT molecular complexity index is 1310. The van der Waals surface area contributed by atoms with Gasteiger partial charge in [-0.1, -0.05) is 18.2 Å². The Kier molecular flexibility index (Phi) is 4.18. The van der Waals surface area contributed by atoms with Gasteiger partial charge < -0.3 is 16.4 Å². The van der Waals surface area contributed by atoms with E-state index in [0.29, 0.717) is 17.0 Å². The second-order valence-corrected chi connectivity index (χ2v) is 9.07. The van der Waals surface area contributed by atoms with Crippen LogP contribution in [0.5, 0.6) is 0 Å². The first-order valence-electron chi connectivity index (χ1n) is 9.52. The number of rotatable bonds is 4. The minimum absolute atomic E-state index is 0.194. The van der Waals surface area contributed by atoms with Gasteiger partial charge in [0.1, 0.15) is 5.82 Å². The van der Waals surface area contributed by atoms with E-state index in [1.54, 1.807) is 18.3 Å². The molecule has 0 aliphatic carbocycles. The Morgan fingerprint density at radius 2 is 1.86 bits per heavy atom. The smallest absolute Gasteiger partial charge is 0.268 e. The van der Waals surface area contributed by atoms with E-state index >= 15 is 0 Å². The third-order valence-electron chi connectivity index (χ3n) is 5.34. The molecule has 7 nitrogen and oxygen atoms in total. The fraction of sp³-hybridized carbons (Fsp3) is 0.190. The van der Waals surface area contributed by atoms with E-state index in [-0.39, 0.29) is 10.9 Å². The van der Waals surface area contributed by atoms with Crippen LogP contribution in [0.2, 0.25) is 0 Å². The molecular formula is C21H21N5O2S. The van der Waals surface area contributed by atoms with Crippen LogP contribution in [0.15, 0.2) is 65.7 Å². The van der Waals surface area contributed by atoms with Crippen molar-refractivity contribution in [1.82, 2.24) is 14.3 Å². The van der Waals surface area contributed by atoms with Gasteiger partial charge in [0.25, 0.3) is 10.0 Å². The highest BCUT2D eigenvalue weighted by molar-refractivity contribution is 7.90. The number of para-hydroxylation sites is 1. The predicted octanol–water partition coefficient (Wildman–Crippen LogP) is 2.78. The molecule has 1 atom stereocenters. The van der Waals surface area contributed by atoms with Gasteiger partial charge in [0, 0.05) is 35.2 Å². The molecule has 2 aromatic carbocycles. The maximum Gasteiger partial charge on any atom is 0.268 e. The summed E-state index contributed by atoms with van der Waals surface area (Å²) in [6.45, 7) is 1.82. The highest BCUT2D eigenvalue weighted by atomic mass is 32.2. The fourth-order valence-corrected chi connectivity index (χ4v) is 5.22. The first-order valence-corrected chi connectivity index (χ1v) is 11.0. The normalized spacial score (nSPS) is 17.2. The predicted molar refractivity (Wildman–Crippen MR) is 116 cm³/mol. The maximum atomic E-state index is 13.4. The van der Waals surface area contributed by atoms with Crippen LogP contribution in [-0.4, -0.2) is 36.5 Å². The highest BCUT2D eigenvalue weighted by Crippen LogP contribution is 2.33. The minimum Gasteiger partial charge on any atom is -0.399 e. The summed E-state index contributed by atoms with van der Waals surface area (Å²) >= 11 is 0. The van der Waals surface area contributed by atoms with E-state index in [1.807, 2.05) is 30.3 Å². The second kappa shape index (κ2) is 6.75. The van der Waals surface area contributed by atoms with Crippen LogP contribution >= 0.6 is 0 Å². The van der Waals surface area contributed by atoms with Gasteiger partial charge in [0.05, 0.1) is 15.9 Å². The molecule has 1 fully saturated rings. The largest absolute Gasteiger partial charge is 0.399 e. The lowest BCUT2D eigenvalue weighted by Crippen LogP contribution is -2.22. The lowest BCUT2D eigenvalue weighted by Gasteiger charge is -2.15. The lowest BCUT2D eigenvalue weighted by molar-refractivity contribution is 0.589. The molecule has 1 aliphatic rings. The van der Waals surface area contributed by atoms with Crippen molar-refractivity contribution in [3.8, 4) is 0 Å². The fourth-order valence-electron chi connectivity index (χ4n) is 3.86. The van der Waals surface area contributed by atoms with Gasteiger partial charge in [-0.15, -0.1) is 0 Å². The summed E-state index contributed by atoms with van der Waals surface area (Å²) in [5, 5.41) is 8.40. The van der Waals surface area contributed by atoms with E-state index in [4.69, 9.17) is 10.7 Å². The van der Waals surface area contributed by atoms with Crippen LogP contribution in [0, 0.1) is 0 Å². The van der Waals surface area contributed by atoms with E-state index in [0.717, 1.165) is 35.8 Å². The molecule has 0 saturated carbocycles. The summed E-state index contributed by atoms with van der Waals surface area (Å²) in [6, 6.07) is 15.9. The number of anilines is 2. The summed E-state index contributed by atoms with van der Waals surface area (Å²) in [6.07, 6.45) is 2.60. The molecule has 148 valence electrons. The zero-order valence-electron chi connectivity index (χ0n) is 15.7. The Morgan fingerprint density at radius 3 is 2.62 bits per heavy atom. The summed E-state index contributed by atoms with van der Waals surface area (Å²) < 4.78 is 28.1. The first-order chi connectivity index (χ1) is 14.0. The Balaban J connectivity index is 1.75. The van der Waals surface area contributed by atoms with Crippen LogP contribution in [0.4, 0.5) is 11.5 Å². The molecule has 29 heavy (non-hydrogen) atoms. The zero-order chi connectivity index (χ0) is 20.0. The van der Waals surface area contributed by atoms with Crippen molar-refractivity contribution in [2.24, 2.45) is 0 Å². The van der Waals surface area contributed by atoms with Gasteiger partial charge in [-0.05, 0) is 49.4 Å². The van der Waals surface area contributed by atoms with Crippen LogP contribution in [-0.2, 0) is 10.0 Å². The molecule has 4 aromatic rings. The number of nitrogen functional groups attached to an aromatic ring is 1. The van der Waals surface area contributed by atoms with Gasteiger partial charge in [0.2, 0.25) is 0 Å². The van der Waals surface area contributed by atoms with Gasteiger partial charge in [-0.3, -0.25) is 0 Å². The number of nitrogens with one attached hydrogen (secondary N) is 2. The van der Waals surface area contributed by atoms with Crippen molar-refractivity contribution in [2.45, 2.75) is 17.4 Å². The number of benzene rings is 2. The van der Waals surface area contributed by atoms with Crippen LogP contribution in [0.1, 0.15) is 6.42 Å². The summed E-state index contributed by atoms with van der Waals surface area (Å²) in [5.41, 5.74) is 7.63. The standard InChI is InChI=1S/C21H21N5O2S/c22-14-5-7-16(8-6-14)29(27,28)26-12-10-18-20(26)17-3-1-2-4-19(17)25-21(18)24-15-9-11-23-13-15/h1-8,10,12,15,23H,9,11,13,22H2,(H,24,25). The quantitative estimate of drug-likeness (QED) is 0.450. The lowest BCUT2D eigenvalue weighted by atomic mass is 10.1. The van der Waals surface area contributed by atoms with E-state index in [9.17, 15) is 8.42 Å². The van der Waals surface area contributed by atoms with Crippen LogP contribution < -0.4 is 16.4 Å². The summed E-state index contributed by atoms with van der Waals surface area (Å²) in [7, 11) is -3.78. The van der Waals surface area contributed by atoms with Crippen molar-refractivity contribution >= 4 is 43.3 Å². The van der Waals surface area contributed by atoms with Crippen LogP contribution in [0.3, 0.4) is 0 Å². The van der Waals surface area contributed by atoms with E-state index < -0.39 is 10.0 Å². The van der Waals surface area contributed by atoms with Crippen molar-refractivity contribution in [1.29, 1.82) is 0 Å².